The Bertz CT molecular complexity index is 408. The van der Waals surface area contributed by atoms with Crippen LogP contribution < -0.4 is 11.1 Å². The van der Waals surface area contributed by atoms with Gasteiger partial charge in [0.2, 0.25) is 5.91 Å². The van der Waals surface area contributed by atoms with Crippen molar-refractivity contribution in [2.45, 2.75) is 32.7 Å². The number of para-hydroxylation sites is 1. The predicted octanol–water partition coefficient (Wildman–Crippen LogP) is 3.04. The smallest absolute Gasteiger partial charge is 0.243 e. The van der Waals surface area contributed by atoms with E-state index < -0.39 is 5.54 Å². The van der Waals surface area contributed by atoms with E-state index in [0.29, 0.717) is 5.02 Å². The Morgan fingerprint density at radius 1 is 1.53 bits per heavy atom. The third kappa shape index (κ3) is 2.91. The average molecular weight is 255 g/mol. The Morgan fingerprint density at radius 2 is 2.12 bits per heavy atom. The lowest BCUT2D eigenvalue weighted by molar-refractivity contribution is -0.123. The fraction of sp³-hybridized carbons (Fsp3) is 0.462. The van der Waals surface area contributed by atoms with Crippen LogP contribution in [0, 0.1) is 5.92 Å². The van der Waals surface area contributed by atoms with E-state index in [0.717, 1.165) is 12.1 Å². The highest BCUT2D eigenvalue weighted by Crippen LogP contribution is 2.29. The number of nitrogens with one attached hydrogen (secondary N) is 1. The van der Waals surface area contributed by atoms with E-state index >= 15 is 0 Å². The first-order valence-corrected chi connectivity index (χ1v) is 6.12. The third-order valence-electron chi connectivity index (χ3n) is 3.38. The standard InChI is InChI=1S/C13H19ClN2O/c1-4-9(2)13(3,12(15)17)16-11-8-6-5-7-10(11)14/h5-9,16H,4H2,1-3H3,(H2,15,17). The molecule has 4 heteroatoms. The number of primary amides is 1. The molecule has 1 rings (SSSR count). The first-order chi connectivity index (χ1) is 7.91. The van der Waals surface area contributed by atoms with Crippen LogP contribution in [0.4, 0.5) is 5.69 Å². The van der Waals surface area contributed by atoms with Gasteiger partial charge in [0.05, 0.1) is 10.7 Å². The molecule has 17 heavy (non-hydrogen) atoms. The van der Waals surface area contributed by atoms with Gasteiger partial charge in [-0.15, -0.1) is 0 Å². The number of anilines is 1. The van der Waals surface area contributed by atoms with Crippen LogP contribution in [0.2, 0.25) is 5.02 Å². The van der Waals surface area contributed by atoms with Gasteiger partial charge in [0.1, 0.15) is 5.54 Å². The van der Waals surface area contributed by atoms with Crippen LogP contribution in [0.15, 0.2) is 24.3 Å². The monoisotopic (exact) mass is 254 g/mol. The van der Waals surface area contributed by atoms with Crippen molar-refractivity contribution in [3.8, 4) is 0 Å². The number of hydrogen-bond donors (Lipinski definition) is 2. The number of carbonyl (C=O) groups excluding carboxylic acids is 1. The van der Waals surface area contributed by atoms with Crippen molar-refractivity contribution >= 4 is 23.2 Å². The Hall–Kier alpha value is -1.22. The lowest BCUT2D eigenvalue weighted by atomic mass is 9.84. The summed E-state index contributed by atoms with van der Waals surface area (Å²) in [7, 11) is 0. The van der Waals surface area contributed by atoms with Crippen molar-refractivity contribution in [2.24, 2.45) is 11.7 Å². The van der Waals surface area contributed by atoms with Gasteiger partial charge in [0, 0.05) is 0 Å². The third-order valence-corrected chi connectivity index (χ3v) is 3.71. The molecule has 2 unspecified atom stereocenters. The Kier molecular flexibility index (Phi) is 4.40. The number of halogens is 1. The van der Waals surface area contributed by atoms with Gasteiger partial charge in [0.25, 0.3) is 0 Å². The van der Waals surface area contributed by atoms with Crippen LogP contribution in [0.1, 0.15) is 27.2 Å². The maximum Gasteiger partial charge on any atom is 0.243 e. The Balaban J connectivity index is 3.03. The molecule has 0 aliphatic heterocycles. The molecular weight excluding hydrogens is 236 g/mol. The van der Waals surface area contributed by atoms with Crippen molar-refractivity contribution in [2.75, 3.05) is 5.32 Å². The second kappa shape index (κ2) is 5.41. The van der Waals surface area contributed by atoms with E-state index in [1.807, 2.05) is 39.0 Å². The molecule has 0 radical (unpaired) electrons. The molecule has 1 aromatic carbocycles. The summed E-state index contributed by atoms with van der Waals surface area (Å²) in [5.41, 5.74) is 5.44. The summed E-state index contributed by atoms with van der Waals surface area (Å²) in [4.78, 5) is 11.7. The fourth-order valence-corrected chi connectivity index (χ4v) is 1.86. The molecule has 0 heterocycles. The predicted molar refractivity (Wildman–Crippen MR) is 72.1 cm³/mol. The second-order valence-electron chi connectivity index (χ2n) is 4.48. The fourth-order valence-electron chi connectivity index (χ4n) is 1.68. The Labute approximate surface area is 107 Å². The summed E-state index contributed by atoms with van der Waals surface area (Å²) in [6, 6.07) is 7.33. The molecule has 1 amide bonds. The summed E-state index contributed by atoms with van der Waals surface area (Å²) in [6.45, 7) is 5.83. The van der Waals surface area contributed by atoms with Gasteiger partial charge >= 0.3 is 0 Å². The number of nitrogens with two attached hydrogens (primary N) is 1. The number of carbonyl (C=O) groups is 1. The minimum absolute atomic E-state index is 0.122. The van der Waals surface area contributed by atoms with E-state index in [9.17, 15) is 4.79 Å². The minimum Gasteiger partial charge on any atom is -0.370 e. The molecule has 0 bridgehead atoms. The molecule has 0 aromatic heterocycles. The summed E-state index contributed by atoms with van der Waals surface area (Å²) >= 11 is 6.07. The average Bonchev–Trinajstić information content (AvgIpc) is 2.30. The highest BCUT2D eigenvalue weighted by atomic mass is 35.5. The quantitative estimate of drug-likeness (QED) is 0.849. The van der Waals surface area contributed by atoms with Crippen LogP contribution in [0.3, 0.4) is 0 Å². The van der Waals surface area contributed by atoms with Crippen molar-refractivity contribution in [1.82, 2.24) is 0 Å². The van der Waals surface area contributed by atoms with E-state index in [1.54, 1.807) is 6.07 Å². The molecule has 0 aliphatic rings. The van der Waals surface area contributed by atoms with Gasteiger partial charge in [-0.1, -0.05) is 44.0 Å². The van der Waals surface area contributed by atoms with Gasteiger partial charge in [-0.3, -0.25) is 4.79 Å². The topological polar surface area (TPSA) is 55.1 Å². The van der Waals surface area contributed by atoms with Crippen molar-refractivity contribution < 1.29 is 4.79 Å². The molecule has 1 aromatic rings. The number of benzene rings is 1. The van der Waals surface area contributed by atoms with E-state index in [-0.39, 0.29) is 11.8 Å². The van der Waals surface area contributed by atoms with Gasteiger partial charge < -0.3 is 11.1 Å². The van der Waals surface area contributed by atoms with Gasteiger partial charge in [0.15, 0.2) is 0 Å². The van der Waals surface area contributed by atoms with Gasteiger partial charge in [-0.25, -0.2) is 0 Å². The zero-order valence-corrected chi connectivity index (χ0v) is 11.2. The number of hydrogen-bond acceptors (Lipinski definition) is 2. The molecule has 2 atom stereocenters. The molecular formula is C13H19ClN2O. The van der Waals surface area contributed by atoms with Crippen molar-refractivity contribution in [3.05, 3.63) is 29.3 Å². The normalized spacial score (nSPS) is 16.0. The van der Waals surface area contributed by atoms with Crippen molar-refractivity contribution in [3.63, 3.8) is 0 Å². The molecule has 0 aliphatic carbocycles. The summed E-state index contributed by atoms with van der Waals surface area (Å²) in [6.07, 6.45) is 0.858. The SMILES string of the molecule is CCC(C)C(C)(Nc1ccccc1Cl)C(N)=O. The van der Waals surface area contributed by atoms with Crippen LogP contribution >= 0.6 is 11.6 Å². The van der Waals surface area contributed by atoms with Crippen molar-refractivity contribution in [1.29, 1.82) is 0 Å². The molecule has 3 nitrogen and oxygen atoms in total. The highest BCUT2D eigenvalue weighted by molar-refractivity contribution is 6.33. The summed E-state index contributed by atoms with van der Waals surface area (Å²) in [5.74, 6) is -0.247. The largest absolute Gasteiger partial charge is 0.370 e. The zero-order valence-electron chi connectivity index (χ0n) is 10.5. The highest BCUT2D eigenvalue weighted by Gasteiger charge is 2.36. The first kappa shape index (κ1) is 13.8. The number of amides is 1. The zero-order chi connectivity index (χ0) is 13.1. The van der Waals surface area contributed by atoms with Crippen LogP contribution in [-0.4, -0.2) is 11.4 Å². The molecule has 94 valence electrons. The molecule has 3 N–H and O–H groups in total. The number of rotatable bonds is 5. The Morgan fingerprint density at radius 3 is 2.59 bits per heavy atom. The van der Waals surface area contributed by atoms with E-state index in [2.05, 4.69) is 5.32 Å². The summed E-state index contributed by atoms with van der Waals surface area (Å²) in [5, 5.41) is 3.75. The van der Waals surface area contributed by atoms with Gasteiger partial charge in [-0.2, -0.15) is 0 Å². The summed E-state index contributed by atoms with van der Waals surface area (Å²) < 4.78 is 0. The maximum absolute atomic E-state index is 11.7. The van der Waals surface area contributed by atoms with Gasteiger partial charge in [-0.05, 0) is 25.0 Å². The first-order valence-electron chi connectivity index (χ1n) is 5.74. The lowest BCUT2D eigenvalue weighted by Crippen LogP contribution is -2.52. The minimum atomic E-state index is -0.792. The molecule has 0 saturated carbocycles. The molecule has 0 spiro atoms. The van der Waals surface area contributed by atoms with E-state index in [1.165, 1.54) is 0 Å². The molecule has 0 saturated heterocycles. The van der Waals surface area contributed by atoms with Crippen LogP contribution in [-0.2, 0) is 4.79 Å². The van der Waals surface area contributed by atoms with Crippen LogP contribution in [0.5, 0.6) is 0 Å². The second-order valence-corrected chi connectivity index (χ2v) is 4.89. The van der Waals surface area contributed by atoms with E-state index in [4.69, 9.17) is 17.3 Å². The lowest BCUT2D eigenvalue weighted by Gasteiger charge is -2.34. The maximum atomic E-state index is 11.7. The molecule has 0 fully saturated rings. The van der Waals surface area contributed by atoms with Crippen LogP contribution in [0.25, 0.3) is 0 Å².